The lowest BCUT2D eigenvalue weighted by molar-refractivity contribution is -0.158. The van der Waals surface area contributed by atoms with Gasteiger partial charge in [-0.1, -0.05) is 31.3 Å². The molecular formula is C23H30O3. The fraction of sp³-hybridized carbons (Fsp3) is 0.739. The molecule has 3 fully saturated rings. The quantitative estimate of drug-likeness (QED) is 0.543. The molecule has 3 nitrogen and oxygen atoms in total. The average Bonchev–Trinajstić information content (AvgIpc) is 3.10. The Balaban J connectivity index is 1.57. The zero-order valence-electron chi connectivity index (χ0n) is 15.8. The third-order valence-corrected chi connectivity index (χ3v) is 7.30. The number of hydrogen-bond acceptors (Lipinski definition) is 3. The maximum absolute atomic E-state index is 12.4. The minimum Gasteiger partial charge on any atom is -0.461 e. The van der Waals surface area contributed by atoms with Crippen molar-refractivity contribution in [2.75, 3.05) is 0 Å². The summed E-state index contributed by atoms with van der Waals surface area (Å²) in [5.74, 6) is 9.12. The van der Waals surface area contributed by atoms with Crippen LogP contribution in [0.3, 0.4) is 0 Å². The van der Waals surface area contributed by atoms with E-state index in [-0.39, 0.29) is 24.3 Å². The normalized spacial score (nSPS) is 38.2. The van der Waals surface area contributed by atoms with Crippen LogP contribution in [0.2, 0.25) is 0 Å². The predicted molar refractivity (Wildman–Crippen MR) is 100 cm³/mol. The van der Waals surface area contributed by atoms with Crippen LogP contribution in [0.25, 0.3) is 0 Å². The van der Waals surface area contributed by atoms with Gasteiger partial charge < -0.3 is 4.74 Å². The Labute approximate surface area is 156 Å². The Morgan fingerprint density at radius 2 is 2.04 bits per heavy atom. The minimum absolute atomic E-state index is 0.0461. The van der Waals surface area contributed by atoms with Gasteiger partial charge in [-0.3, -0.25) is 9.59 Å². The number of fused-ring (bicyclic) bond motifs is 5. The summed E-state index contributed by atoms with van der Waals surface area (Å²) in [6.45, 7) is 1.99. The van der Waals surface area contributed by atoms with Crippen LogP contribution >= 0.6 is 0 Å². The lowest BCUT2D eigenvalue weighted by atomic mass is 9.55. The molecule has 140 valence electrons. The third kappa shape index (κ3) is 3.36. The van der Waals surface area contributed by atoms with E-state index in [1.54, 1.807) is 0 Å². The minimum atomic E-state index is -0.184. The Morgan fingerprint density at radius 3 is 2.88 bits per heavy atom. The molecule has 0 saturated heterocycles. The van der Waals surface area contributed by atoms with Gasteiger partial charge in [0.05, 0.1) is 0 Å². The molecule has 3 heteroatoms. The summed E-state index contributed by atoms with van der Waals surface area (Å²) in [7, 11) is 0. The number of hydrogen-bond donors (Lipinski definition) is 0. The van der Waals surface area contributed by atoms with E-state index in [2.05, 4.69) is 11.8 Å². The van der Waals surface area contributed by atoms with Crippen LogP contribution in [-0.4, -0.2) is 17.9 Å². The molecule has 0 heterocycles. The van der Waals surface area contributed by atoms with E-state index in [1.165, 1.54) is 37.7 Å². The smallest absolute Gasteiger partial charge is 0.318 e. The van der Waals surface area contributed by atoms with Gasteiger partial charge in [0.15, 0.2) is 5.78 Å². The fourth-order valence-electron chi connectivity index (χ4n) is 6.40. The lowest BCUT2D eigenvalue weighted by Gasteiger charge is -2.52. The average molecular weight is 354 g/mol. The summed E-state index contributed by atoms with van der Waals surface area (Å²) in [5.41, 5.74) is 1.26. The van der Waals surface area contributed by atoms with Gasteiger partial charge in [0.25, 0.3) is 0 Å². The van der Waals surface area contributed by atoms with Crippen LogP contribution in [-0.2, 0) is 14.3 Å². The van der Waals surface area contributed by atoms with Crippen molar-refractivity contribution in [3.63, 3.8) is 0 Å². The van der Waals surface area contributed by atoms with E-state index in [4.69, 9.17) is 4.74 Å². The maximum Gasteiger partial charge on any atom is 0.318 e. The fourth-order valence-corrected chi connectivity index (χ4v) is 6.40. The monoisotopic (exact) mass is 354 g/mol. The molecule has 4 rings (SSSR count). The van der Waals surface area contributed by atoms with Gasteiger partial charge in [0.1, 0.15) is 12.5 Å². The standard InChI is InChI=1S/C23H30O3/c1-2-3-4-8-22(25)26-21-14-16-13-17(24)10-12-18(16)20-11-9-15-6-5-7-19(15)23(20)21/h13,15,18-21,23H,2,5-12,14H2,1H3/t15-,18-,19+,20+,21-,23-/m0/s1. The number of esters is 1. The van der Waals surface area contributed by atoms with Gasteiger partial charge in [-0.15, -0.1) is 5.92 Å². The van der Waals surface area contributed by atoms with Crippen molar-refractivity contribution >= 4 is 11.8 Å². The summed E-state index contributed by atoms with van der Waals surface area (Å²) in [6.07, 6.45) is 11.8. The number of carbonyl (C=O) groups is 2. The van der Waals surface area contributed by atoms with Gasteiger partial charge in [-0.05, 0) is 55.4 Å². The Bertz CT molecular complexity index is 665. The number of ketones is 1. The summed E-state index contributed by atoms with van der Waals surface area (Å²) in [6, 6.07) is 0. The largest absolute Gasteiger partial charge is 0.461 e. The number of ether oxygens (including phenoxy) is 1. The highest BCUT2D eigenvalue weighted by Crippen LogP contribution is 2.57. The van der Waals surface area contributed by atoms with Gasteiger partial charge in [0.2, 0.25) is 0 Å². The summed E-state index contributed by atoms with van der Waals surface area (Å²) in [5, 5.41) is 0. The van der Waals surface area contributed by atoms with Crippen LogP contribution in [0.5, 0.6) is 0 Å². The highest BCUT2D eigenvalue weighted by molar-refractivity contribution is 5.91. The Morgan fingerprint density at radius 1 is 1.15 bits per heavy atom. The topological polar surface area (TPSA) is 43.4 Å². The second-order valence-electron chi connectivity index (χ2n) is 8.62. The highest BCUT2D eigenvalue weighted by Gasteiger charge is 2.52. The first-order valence-electron chi connectivity index (χ1n) is 10.6. The van der Waals surface area contributed by atoms with Crippen LogP contribution in [0.15, 0.2) is 11.6 Å². The lowest BCUT2D eigenvalue weighted by Crippen LogP contribution is -2.49. The number of rotatable bonds is 2. The van der Waals surface area contributed by atoms with Crippen LogP contribution in [0.4, 0.5) is 0 Å². The molecule has 0 bridgehead atoms. The molecule has 0 spiro atoms. The molecule has 0 aromatic heterocycles. The SMILES string of the molecule is CCC#CCC(=O)O[C@H]1CC2=CC(=O)CC[C@@H]2[C@H]2CC[C@@H]3CCC[C@H]3[C@@H]21. The van der Waals surface area contributed by atoms with E-state index in [1.807, 2.05) is 13.0 Å². The van der Waals surface area contributed by atoms with Gasteiger partial charge in [0, 0.05) is 25.2 Å². The van der Waals surface area contributed by atoms with Gasteiger partial charge in [-0.2, -0.15) is 0 Å². The van der Waals surface area contributed by atoms with Crippen LogP contribution < -0.4 is 0 Å². The van der Waals surface area contributed by atoms with Crippen molar-refractivity contribution in [3.05, 3.63) is 11.6 Å². The third-order valence-electron chi connectivity index (χ3n) is 7.30. The van der Waals surface area contributed by atoms with Crippen molar-refractivity contribution < 1.29 is 14.3 Å². The molecule has 0 aromatic carbocycles. The molecule has 6 atom stereocenters. The first-order valence-corrected chi connectivity index (χ1v) is 10.6. The van der Waals surface area contributed by atoms with E-state index >= 15 is 0 Å². The Kier molecular flexibility index (Phi) is 5.20. The van der Waals surface area contributed by atoms with E-state index in [0.717, 1.165) is 25.2 Å². The summed E-state index contributed by atoms with van der Waals surface area (Å²) >= 11 is 0. The van der Waals surface area contributed by atoms with Crippen molar-refractivity contribution in [1.82, 2.24) is 0 Å². The Hall–Kier alpha value is -1.56. The zero-order valence-corrected chi connectivity index (χ0v) is 15.8. The van der Waals surface area contributed by atoms with E-state index in [0.29, 0.717) is 30.1 Å². The number of carbonyl (C=O) groups excluding carboxylic acids is 2. The molecule has 4 aliphatic rings. The zero-order chi connectivity index (χ0) is 18.1. The molecule has 3 saturated carbocycles. The van der Waals surface area contributed by atoms with E-state index < -0.39 is 0 Å². The van der Waals surface area contributed by atoms with Crippen molar-refractivity contribution in [2.24, 2.45) is 29.6 Å². The molecule has 0 N–H and O–H groups in total. The van der Waals surface area contributed by atoms with Crippen molar-refractivity contribution in [1.29, 1.82) is 0 Å². The second-order valence-corrected chi connectivity index (χ2v) is 8.62. The molecule has 0 aromatic rings. The van der Waals surface area contributed by atoms with Gasteiger partial charge >= 0.3 is 5.97 Å². The van der Waals surface area contributed by atoms with Crippen molar-refractivity contribution in [3.8, 4) is 11.8 Å². The molecule has 0 radical (unpaired) electrons. The van der Waals surface area contributed by atoms with Crippen molar-refractivity contribution in [2.45, 2.75) is 77.2 Å². The maximum atomic E-state index is 12.4. The summed E-state index contributed by atoms with van der Waals surface area (Å²) < 4.78 is 6.01. The molecule has 0 amide bonds. The molecule has 0 unspecified atom stereocenters. The summed E-state index contributed by atoms with van der Waals surface area (Å²) in [4.78, 5) is 24.3. The molecule has 26 heavy (non-hydrogen) atoms. The predicted octanol–water partition coefficient (Wildman–Crippen LogP) is 4.45. The van der Waals surface area contributed by atoms with E-state index in [9.17, 15) is 9.59 Å². The first kappa shape index (κ1) is 17.8. The molecular weight excluding hydrogens is 324 g/mol. The van der Waals surface area contributed by atoms with Crippen LogP contribution in [0, 0.1) is 41.4 Å². The van der Waals surface area contributed by atoms with Crippen LogP contribution in [0.1, 0.15) is 71.1 Å². The first-order chi connectivity index (χ1) is 12.7. The molecule has 0 aliphatic heterocycles. The van der Waals surface area contributed by atoms with Gasteiger partial charge in [-0.25, -0.2) is 0 Å². The molecule has 4 aliphatic carbocycles. The highest BCUT2D eigenvalue weighted by atomic mass is 16.5. The second kappa shape index (κ2) is 7.59.